The van der Waals surface area contributed by atoms with E-state index in [-0.39, 0.29) is 16.2 Å². The van der Waals surface area contributed by atoms with Crippen LogP contribution in [0.2, 0.25) is 0 Å². The summed E-state index contributed by atoms with van der Waals surface area (Å²) >= 11 is 0. The summed E-state index contributed by atoms with van der Waals surface area (Å²) in [5.41, 5.74) is 1.99. The van der Waals surface area contributed by atoms with Gasteiger partial charge >= 0.3 is 0 Å². The van der Waals surface area contributed by atoms with Crippen molar-refractivity contribution in [2.45, 2.75) is 25.7 Å². The number of hydrogen-bond acceptors (Lipinski definition) is 3. The molecule has 0 heterocycles. The lowest BCUT2D eigenvalue weighted by Crippen LogP contribution is -2.02. The number of phenolic OH excluding ortho intramolecular Hbond substituents is 1. The predicted octanol–water partition coefficient (Wildman–Crippen LogP) is 2.72. The van der Waals surface area contributed by atoms with Crippen LogP contribution in [0.5, 0.6) is 5.75 Å². The van der Waals surface area contributed by atoms with Gasteiger partial charge in [0.2, 0.25) is 0 Å². The maximum Gasteiger partial charge on any atom is 0.294 e. The number of hydrogen-bond donors (Lipinski definition) is 2. The van der Waals surface area contributed by atoms with Gasteiger partial charge in [0.05, 0.1) is 0 Å². The van der Waals surface area contributed by atoms with Gasteiger partial charge in [0.15, 0.2) is 0 Å². The van der Waals surface area contributed by atoms with Gasteiger partial charge in [0.25, 0.3) is 10.1 Å². The van der Waals surface area contributed by atoms with Gasteiger partial charge in [-0.2, -0.15) is 8.42 Å². The highest BCUT2D eigenvalue weighted by Crippen LogP contribution is 2.35. The second-order valence-electron chi connectivity index (χ2n) is 4.50. The number of fused-ring (bicyclic) bond motifs is 1. The molecule has 0 unspecified atom stereocenters. The number of benzene rings is 2. The molecule has 0 aromatic heterocycles. The highest BCUT2D eigenvalue weighted by Gasteiger charge is 2.19. The standard InChI is InChI=1S/C13H14O4S/c1-7-4-8(2)12-10(5-7)6-11(18(15,16)17)9(3)13(12)14/h4-6,14H,1-3H3,(H,15,16,17). The van der Waals surface area contributed by atoms with Crippen LogP contribution in [0.1, 0.15) is 16.7 Å². The van der Waals surface area contributed by atoms with Gasteiger partial charge in [-0.3, -0.25) is 4.55 Å². The lowest BCUT2D eigenvalue weighted by atomic mass is 9.99. The van der Waals surface area contributed by atoms with E-state index in [4.69, 9.17) is 4.55 Å². The fourth-order valence-corrected chi connectivity index (χ4v) is 3.02. The van der Waals surface area contributed by atoms with Crippen LogP contribution in [-0.4, -0.2) is 18.1 Å². The van der Waals surface area contributed by atoms with Crippen molar-refractivity contribution < 1.29 is 18.1 Å². The third-order valence-corrected chi connectivity index (χ3v) is 4.02. The molecular formula is C13H14O4S. The zero-order chi connectivity index (χ0) is 13.7. The molecule has 96 valence electrons. The fourth-order valence-electron chi connectivity index (χ4n) is 2.26. The zero-order valence-corrected chi connectivity index (χ0v) is 11.2. The average molecular weight is 266 g/mol. The Kier molecular flexibility index (Phi) is 2.83. The molecule has 0 aliphatic rings. The summed E-state index contributed by atoms with van der Waals surface area (Å²) in [5, 5.41) is 11.3. The summed E-state index contributed by atoms with van der Waals surface area (Å²) in [6.45, 7) is 5.20. The van der Waals surface area contributed by atoms with Crippen molar-refractivity contribution in [3.05, 3.63) is 34.9 Å². The first-order valence-electron chi connectivity index (χ1n) is 5.43. The third kappa shape index (κ3) is 1.95. The second kappa shape index (κ2) is 3.96. The number of rotatable bonds is 1. The van der Waals surface area contributed by atoms with Gasteiger partial charge in [-0.1, -0.05) is 17.7 Å². The summed E-state index contributed by atoms with van der Waals surface area (Å²) < 4.78 is 31.7. The second-order valence-corrected chi connectivity index (χ2v) is 5.89. The van der Waals surface area contributed by atoms with Crippen molar-refractivity contribution in [2.24, 2.45) is 0 Å². The van der Waals surface area contributed by atoms with Gasteiger partial charge in [0.1, 0.15) is 10.6 Å². The summed E-state index contributed by atoms with van der Waals surface area (Å²) in [6.07, 6.45) is 0. The Labute approximate surface area is 106 Å². The normalized spacial score (nSPS) is 12.0. The minimum atomic E-state index is -4.33. The van der Waals surface area contributed by atoms with Crippen LogP contribution in [0.25, 0.3) is 10.8 Å². The number of aromatic hydroxyl groups is 1. The van der Waals surface area contributed by atoms with E-state index in [0.29, 0.717) is 10.8 Å². The number of aryl methyl sites for hydroxylation is 2. The predicted molar refractivity (Wildman–Crippen MR) is 69.6 cm³/mol. The monoisotopic (exact) mass is 266 g/mol. The van der Waals surface area contributed by atoms with E-state index in [1.165, 1.54) is 13.0 Å². The Hall–Kier alpha value is -1.59. The maximum absolute atomic E-state index is 11.3. The van der Waals surface area contributed by atoms with Gasteiger partial charge in [0, 0.05) is 10.9 Å². The molecule has 0 aliphatic carbocycles. The van der Waals surface area contributed by atoms with E-state index in [0.717, 1.165) is 11.1 Å². The van der Waals surface area contributed by atoms with Crippen LogP contribution in [-0.2, 0) is 10.1 Å². The van der Waals surface area contributed by atoms with E-state index in [9.17, 15) is 13.5 Å². The molecular weight excluding hydrogens is 252 g/mol. The molecule has 0 spiro atoms. The minimum Gasteiger partial charge on any atom is -0.507 e. The first-order chi connectivity index (χ1) is 8.21. The van der Waals surface area contributed by atoms with Crippen molar-refractivity contribution in [3.63, 3.8) is 0 Å². The Balaban J connectivity index is 3.02. The molecule has 2 rings (SSSR count). The quantitative estimate of drug-likeness (QED) is 0.778. The van der Waals surface area contributed by atoms with Crippen LogP contribution in [0.4, 0.5) is 0 Å². The van der Waals surface area contributed by atoms with Gasteiger partial charge in [-0.15, -0.1) is 0 Å². The highest BCUT2D eigenvalue weighted by molar-refractivity contribution is 7.85. The fraction of sp³-hybridized carbons (Fsp3) is 0.231. The highest BCUT2D eigenvalue weighted by atomic mass is 32.2. The molecule has 0 saturated carbocycles. The Morgan fingerprint density at radius 3 is 2.22 bits per heavy atom. The van der Waals surface area contributed by atoms with Gasteiger partial charge in [-0.05, 0) is 37.8 Å². The van der Waals surface area contributed by atoms with E-state index < -0.39 is 10.1 Å². The molecule has 18 heavy (non-hydrogen) atoms. The zero-order valence-electron chi connectivity index (χ0n) is 10.4. The van der Waals surface area contributed by atoms with Crippen molar-refractivity contribution >= 4 is 20.9 Å². The topological polar surface area (TPSA) is 74.6 Å². The van der Waals surface area contributed by atoms with Crippen molar-refractivity contribution in [3.8, 4) is 5.75 Å². The van der Waals surface area contributed by atoms with Crippen LogP contribution >= 0.6 is 0 Å². The summed E-state index contributed by atoms with van der Waals surface area (Å²) in [5.74, 6) is -0.0994. The van der Waals surface area contributed by atoms with E-state index in [2.05, 4.69) is 0 Å². The third-order valence-electron chi connectivity index (χ3n) is 3.04. The molecule has 0 atom stereocenters. The Morgan fingerprint density at radius 2 is 1.67 bits per heavy atom. The maximum atomic E-state index is 11.3. The SMILES string of the molecule is Cc1cc(C)c2c(O)c(C)c(S(=O)(=O)O)cc2c1. The Bertz CT molecular complexity index is 745. The molecule has 5 heteroatoms. The van der Waals surface area contributed by atoms with Crippen LogP contribution in [0, 0.1) is 20.8 Å². The molecule has 2 aromatic carbocycles. The van der Waals surface area contributed by atoms with Crippen molar-refractivity contribution in [2.75, 3.05) is 0 Å². The van der Waals surface area contributed by atoms with Crippen LogP contribution in [0.15, 0.2) is 23.1 Å². The summed E-state index contributed by atoms with van der Waals surface area (Å²) in [7, 11) is -4.33. The van der Waals surface area contributed by atoms with E-state index in [1.807, 2.05) is 19.9 Å². The van der Waals surface area contributed by atoms with Crippen LogP contribution < -0.4 is 0 Å². The lowest BCUT2D eigenvalue weighted by Gasteiger charge is -2.12. The minimum absolute atomic E-state index is 0.0994. The van der Waals surface area contributed by atoms with Gasteiger partial charge in [-0.25, -0.2) is 0 Å². The summed E-state index contributed by atoms with van der Waals surface area (Å²) in [6, 6.07) is 5.07. The van der Waals surface area contributed by atoms with Crippen molar-refractivity contribution in [1.29, 1.82) is 0 Å². The molecule has 0 amide bonds. The largest absolute Gasteiger partial charge is 0.507 e. The Morgan fingerprint density at radius 1 is 1.06 bits per heavy atom. The molecule has 4 nitrogen and oxygen atoms in total. The van der Waals surface area contributed by atoms with Crippen LogP contribution in [0.3, 0.4) is 0 Å². The first-order valence-corrected chi connectivity index (χ1v) is 6.87. The summed E-state index contributed by atoms with van der Waals surface area (Å²) in [4.78, 5) is -0.252. The molecule has 0 aliphatic heterocycles. The molecule has 0 radical (unpaired) electrons. The van der Waals surface area contributed by atoms with Gasteiger partial charge < -0.3 is 5.11 Å². The number of phenols is 1. The molecule has 0 fully saturated rings. The van der Waals surface area contributed by atoms with Crippen molar-refractivity contribution in [1.82, 2.24) is 0 Å². The molecule has 0 bridgehead atoms. The molecule has 2 aromatic rings. The van der Waals surface area contributed by atoms with E-state index >= 15 is 0 Å². The smallest absolute Gasteiger partial charge is 0.294 e. The average Bonchev–Trinajstić information content (AvgIpc) is 2.20. The molecule has 0 saturated heterocycles. The van der Waals surface area contributed by atoms with E-state index in [1.54, 1.807) is 6.07 Å². The molecule has 2 N–H and O–H groups in total. The lowest BCUT2D eigenvalue weighted by molar-refractivity contribution is 0.466. The first kappa shape index (κ1) is 12.9.